The Balaban J connectivity index is 2.31. The highest BCUT2D eigenvalue weighted by atomic mass is 35.5. The second kappa shape index (κ2) is 5.42. The summed E-state index contributed by atoms with van der Waals surface area (Å²) in [6, 6.07) is 5.12. The van der Waals surface area contributed by atoms with Gasteiger partial charge in [-0.3, -0.25) is 0 Å². The lowest BCUT2D eigenvalue weighted by atomic mass is 10.1. The van der Waals surface area contributed by atoms with Crippen LogP contribution in [0.5, 0.6) is 5.75 Å². The van der Waals surface area contributed by atoms with Gasteiger partial charge in [0.2, 0.25) is 5.28 Å². The van der Waals surface area contributed by atoms with Gasteiger partial charge in [0.1, 0.15) is 11.3 Å². The van der Waals surface area contributed by atoms with Gasteiger partial charge in [-0.1, -0.05) is 0 Å². The van der Waals surface area contributed by atoms with Gasteiger partial charge < -0.3 is 9.30 Å². The Kier molecular flexibility index (Phi) is 3.68. The van der Waals surface area contributed by atoms with Gasteiger partial charge >= 0.3 is 6.18 Å². The standard InChI is InChI=1S/C15H11ClF3N3O/c1-22-7-10(9-4-3-8(23-2)5-12(9)22)13-11(15(17,18)19)6-20-14(16)21-13/h3-7H,1-2H3. The van der Waals surface area contributed by atoms with Crippen LogP contribution in [-0.2, 0) is 13.2 Å². The van der Waals surface area contributed by atoms with Crippen molar-refractivity contribution in [3.8, 4) is 17.0 Å². The molecule has 1 aromatic carbocycles. The van der Waals surface area contributed by atoms with Gasteiger partial charge in [0, 0.05) is 36.5 Å². The van der Waals surface area contributed by atoms with Gasteiger partial charge in [-0.15, -0.1) is 0 Å². The Morgan fingerprint density at radius 1 is 1.26 bits per heavy atom. The Hall–Kier alpha value is -2.28. The van der Waals surface area contributed by atoms with Crippen molar-refractivity contribution in [2.24, 2.45) is 7.05 Å². The third-order valence-electron chi connectivity index (χ3n) is 3.52. The van der Waals surface area contributed by atoms with Crippen LogP contribution in [0.15, 0.2) is 30.6 Å². The molecule has 0 aliphatic carbocycles. The van der Waals surface area contributed by atoms with Crippen molar-refractivity contribution >= 4 is 22.5 Å². The minimum absolute atomic E-state index is 0.237. The van der Waals surface area contributed by atoms with Crippen LogP contribution in [0.4, 0.5) is 13.2 Å². The van der Waals surface area contributed by atoms with E-state index in [9.17, 15) is 13.2 Å². The molecule has 0 spiro atoms. The summed E-state index contributed by atoms with van der Waals surface area (Å²) in [4.78, 5) is 7.26. The van der Waals surface area contributed by atoms with Crippen molar-refractivity contribution in [3.05, 3.63) is 41.4 Å². The summed E-state index contributed by atoms with van der Waals surface area (Å²) < 4.78 is 46.6. The first-order valence-corrected chi connectivity index (χ1v) is 6.92. The Labute approximate surface area is 134 Å². The first kappa shape index (κ1) is 15.6. The minimum atomic E-state index is -4.57. The van der Waals surface area contributed by atoms with Crippen LogP contribution in [0.2, 0.25) is 5.28 Å². The van der Waals surface area contributed by atoms with Crippen molar-refractivity contribution < 1.29 is 17.9 Å². The minimum Gasteiger partial charge on any atom is -0.497 e. The number of hydrogen-bond donors (Lipinski definition) is 0. The first-order valence-electron chi connectivity index (χ1n) is 6.54. The van der Waals surface area contributed by atoms with E-state index in [-0.39, 0.29) is 11.0 Å². The van der Waals surface area contributed by atoms with Crippen LogP contribution in [0.1, 0.15) is 5.56 Å². The molecule has 0 amide bonds. The zero-order chi connectivity index (χ0) is 16.8. The number of halogens is 4. The number of methoxy groups -OCH3 is 1. The fourth-order valence-corrected chi connectivity index (χ4v) is 2.59. The Morgan fingerprint density at radius 2 is 2.00 bits per heavy atom. The van der Waals surface area contributed by atoms with E-state index in [4.69, 9.17) is 16.3 Å². The fourth-order valence-electron chi connectivity index (χ4n) is 2.45. The second-order valence-corrected chi connectivity index (χ2v) is 5.27. The van der Waals surface area contributed by atoms with Gasteiger partial charge in [-0.2, -0.15) is 13.2 Å². The summed E-state index contributed by atoms with van der Waals surface area (Å²) in [6.07, 6.45) is -2.29. The number of hydrogen-bond acceptors (Lipinski definition) is 3. The number of aryl methyl sites for hydroxylation is 1. The maximum atomic E-state index is 13.2. The molecule has 0 aliphatic heterocycles. The van der Waals surface area contributed by atoms with Crippen molar-refractivity contribution in [2.75, 3.05) is 7.11 Å². The average molecular weight is 342 g/mol. The Bertz CT molecular complexity index is 890. The monoisotopic (exact) mass is 341 g/mol. The van der Waals surface area contributed by atoms with Gasteiger partial charge in [-0.05, 0) is 23.7 Å². The predicted molar refractivity (Wildman–Crippen MR) is 80.5 cm³/mol. The van der Waals surface area contributed by atoms with Crippen LogP contribution in [0, 0.1) is 0 Å². The normalized spacial score (nSPS) is 11.9. The number of ether oxygens (including phenoxy) is 1. The van der Waals surface area contributed by atoms with Crippen LogP contribution < -0.4 is 4.74 Å². The maximum absolute atomic E-state index is 13.2. The summed E-state index contributed by atoms with van der Waals surface area (Å²) in [6.45, 7) is 0. The number of rotatable bonds is 2. The molecule has 0 N–H and O–H groups in total. The highest BCUT2D eigenvalue weighted by Crippen LogP contribution is 2.39. The molecular weight excluding hydrogens is 331 g/mol. The molecule has 4 nitrogen and oxygen atoms in total. The molecule has 0 atom stereocenters. The highest BCUT2D eigenvalue weighted by Gasteiger charge is 2.36. The van der Waals surface area contributed by atoms with Crippen molar-refractivity contribution in [1.29, 1.82) is 0 Å². The van der Waals surface area contributed by atoms with Crippen LogP contribution >= 0.6 is 11.6 Å². The van der Waals surface area contributed by atoms with E-state index in [1.165, 1.54) is 7.11 Å². The van der Waals surface area contributed by atoms with E-state index in [1.54, 1.807) is 36.0 Å². The van der Waals surface area contributed by atoms with E-state index in [0.29, 0.717) is 22.9 Å². The molecule has 2 heterocycles. The molecule has 0 saturated heterocycles. The van der Waals surface area contributed by atoms with Crippen molar-refractivity contribution in [3.63, 3.8) is 0 Å². The average Bonchev–Trinajstić information content (AvgIpc) is 2.82. The zero-order valence-corrected chi connectivity index (χ0v) is 12.9. The molecule has 3 aromatic rings. The predicted octanol–water partition coefficient (Wildman–Crippen LogP) is 4.32. The number of alkyl halides is 3. The van der Waals surface area contributed by atoms with E-state index < -0.39 is 11.7 Å². The summed E-state index contributed by atoms with van der Waals surface area (Å²) in [7, 11) is 3.26. The van der Waals surface area contributed by atoms with Gasteiger partial charge in [0.15, 0.2) is 0 Å². The lowest BCUT2D eigenvalue weighted by Crippen LogP contribution is -2.09. The third-order valence-corrected chi connectivity index (χ3v) is 3.70. The van der Waals surface area contributed by atoms with Crippen molar-refractivity contribution in [2.45, 2.75) is 6.18 Å². The highest BCUT2D eigenvalue weighted by molar-refractivity contribution is 6.28. The molecule has 0 bridgehead atoms. The largest absolute Gasteiger partial charge is 0.497 e. The lowest BCUT2D eigenvalue weighted by Gasteiger charge is -2.11. The molecule has 2 aromatic heterocycles. The molecule has 0 saturated carbocycles. The summed E-state index contributed by atoms with van der Waals surface area (Å²) in [5, 5.41) is 0.382. The second-order valence-electron chi connectivity index (χ2n) is 4.94. The van der Waals surface area contributed by atoms with E-state index in [0.717, 1.165) is 5.52 Å². The maximum Gasteiger partial charge on any atom is 0.419 e. The number of nitrogens with zero attached hydrogens (tertiary/aromatic N) is 3. The summed E-state index contributed by atoms with van der Waals surface area (Å²) in [5.74, 6) is 0.613. The number of aromatic nitrogens is 3. The molecule has 0 aliphatic rings. The van der Waals surface area contributed by atoms with Crippen LogP contribution in [0.3, 0.4) is 0 Å². The van der Waals surface area contributed by atoms with Crippen LogP contribution in [0.25, 0.3) is 22.2 Å². The quantitative estimate of drug-likeness (QED) is 0.652. The molecule has 3 rings (SSSR count). The number of benzene rings is 1. The molecule has 0 radical (unpaired) electrons. The molecule has 0 unspecified atom stereocenters. The third kappa shape index (κ3) is 2.72. The molecular formula is C15H11ClF3N3O. The molecule has 8 heteroatoms. The zero-order valence-electron chi connectivity index (χ0n) is 12.1. The molecule has 120 valence electrons. The summed E-state index contributed by atoms with van der Waals surface area (Å²) in [5.41, 5.74) is -0.109. The van der Waals surface area contributed by atoms with Gasteiger partial charge in [-0.25, -0.2) is 9.97 Å². The fraction of sp³-hybridized carbons (Fsp3) is 0.200. The number of fused-ring (bicyclic) bond motifs is 1. The Morgan fingerprint density at radius 3 is 2.65 bits per heavy atom. The van der Waals surface area contributed by atoms with E-state index in [2.05, 4.69) is 9.97 Å². The van der Waals surface area contributed by atoms with E-state index >= 15 is 0 Å². The van der Waals surface area contributed by atoms with Gasteiger partial charge in [0.25, 0.3) is 0 Å². The molecule has 0 fully saturated rings. The van der Waals surface area contributed by atoms with Crippen molar-refractivity contribution in [1.82, 2.24) is 14.5 Å². The topological polar surface area (TPSA) is 39.9 Å². The summed E-state index contributed by atoms with van der Waals surface area (Å²) >= 11 is 5.71. The van der Waals surface area contributed by atoms with Crippen LogP contribution in [-0.4, -0.2) is 21.6 Å². The van der Waals surface area contributed by atoms with E-state index in [1.807, 2.05) is 0 Å². The van der Waals surface area contributed by atoms with Gasteiger partial charge in [0.05, 0.1) is 18.3 Å². The smallest absolute Gasteiger partial charge is 0.419 e. The SMILES string of the molecule is COc1ccc2c(-c3nc(Cl)ncc3C(F)(F)F)cn(C)c2c1. The lowest BCUT2D eigenvalue weighted by molar-refractivity contribution is -0.137. The first-order chi connectivity index (χ1) is 10.8. The molecule has 23 heavy (non-hydrogen) atoms.